The van der Waals surface area contributed by atoms with Crippen LogP contribution in [0.4, 0.5) is 0 Å². The zero-order chi connectivity index (χ0) is 19.0. The van der Waals surface area contributed by atoms with E-state index in [1.165, 1.54) is 83.5 Å². The number of hydrogen-bond donors (Lipinski definition) is 1. The molecule has 5 heteroatoms. The number of unbranched alkanes of at least 4 members (excludes halogenated alkanes) is 12. The molecule has 0 spiro atoms. The minimum absolute atomic E-state index is 0.118. The summed E-state index contributed by atoms with van der Waals surface area (Å²) in [5.74, 6) is -0.118. The molecular formula is C20H44NO3S+. The van der Waals surface area contributed by atoms with Crippen molar-refractivity contribution in [3.8, 4) is 0 Å². The molecule has 25 heavy (non-hydrogen) atoms. The van der Waals surface area contributed by atoms with Gasteiger partial charge in [-0.2, -0.15) is 8.42 Å². The van der Waals surface area contributed by atoms with Gasteiger partial charge in [-0.3, -0.25) is 4.55 Å². The third-order valence-electron chi connectivity index (χ3n) is 5.03. The van der Waals surface area contributed by atoms with Crippen molar-refractivity contribution < 1.29 is 17.5 Å². The molecule has 0 heterocycles. The van der Waals surface area contributed by atoms with Crippen LogP contribution in [0.5, 0.6) is 0 Å². The van der Waals surface area contributed by atoms with Gasteiger partial charge >= 0.3 is 0 Å². The van der Waals surface area contributed by atoms with Gasteiger partial charge in [-0.25, -0.2) is 0 Å². The lowest BCUT2D eigenvalue weighted by molar-refractivity contribution is -0.890. The predicted octanol–water partition coefficient (Wildman–Crippen LogP) is 5.43. The van der Waals surface area contributed by atoms with E-state index in [9.17, 15) is 8.42 Å². The number of nitrogens with zero attached hydrogens (tertiary/aromatic N) is 1. The molecule has 0 aromatic carbocycles. The molecule has 0 saturated carbocycles. The fourth-order valence-corrected chi connectivity index (χ4v) is 3.84. The van der Waals surface area contributed by atoms with Gasteiger partial charge in [0.2, 0.25) is 0 Å². The van der Waals surface area contributed by atoms with E-state index in [0.717, 1.165) is 17.6 Å². The van der Waals surface area contributed by atoms with E-state index >= 15 is 0 Å². The van der Waals surface area contributed by atoms with Crippen molar-refractivity contribution in [2.75, 3.05) is 32.9 Å². The second kappa shape index (κ2) is 15.0. The van der Waals surface area contributed by atoms with Crippen LogP contribution < -0.4 is 0 Å². The van der Waals surface area contributed by atoms with Gasteiger partial charge in [-0.1, -0.05) is 77.6 Å². The maximum absolute atomic E-state index is 10.8. The standard InChI is InChI=1S/C20H43NO3S/c1-4-5-6-7-8-9-10-11-12-13-14-15-16-18-21(2,3)19-17-20-25(22,23)24/h4-20H2,1-3H3/p+1. The summed E-state index contributed by atoms with van der Waals surface area (Å²) in [7, 11) is 0.482. The molecule has 0 fully saturated rings. The first-order valence-corrected chi connectivity index (χ1v) is 12.1. The molecule has 0 unspecified atom stereocenters. The quantitative estimate of drug-likeness (QED) is 0.196. The zero-order valence-corrected chi connectivity index (χ0v) is 18.0. The zero-order valence-electron chi connectivity index (χ0n) is 17.1. The molecule has 0 saturated heterocycles. The fourth-order valence-electron chi connectivity index (χ4n) is 3.34. The molecule has 0 aliphatic heterocycles. The normalized spacial score (nSPS) is 12.6. The number of quaternary nitrogens is 1. The Morgan fingerprint density at radius 1 is 0.640 bits per heavy atom. The minimum atomic E-state index is -3.81. The van der Waals surface area contributed by atoms with E-state index in [-0.39, 0.29) is 5.75 Å². The van der Waals surface area contributed by atoms with Crippen LogP contribution in [-0.4, -0.2) is 50.4 Å². The summed E-state index contributed by atoms with van der Waals surface area (Å²) in [6.07, 6.45) is 18.3. The van der Waals surface area contributed by atoms with Gasteiger partial charge < -0.3 is 4.48 Å². The van der Waals surface area contributed by atoms with Crippen LogP contribution in [0, 0.1) is 0 Å². The van der Waals surface area contributed by atoms with Crippen molar-refractivity contribution in [2.45, 2.75) is 96.8 Å². The van der Waals surface area contributed by atoms with Gasteiger partial charge in [0, 0.05) is 6.42 Å². The highest BCUT2D eigenvalue weighted by molar-refractivity contribution is 7.85. The fraction of sp³-hybridized carbons (Fsp3) is 1.00. The highest BCUT2D eigenvalue weighted by Crippen LogP contribution is 2.13. The van der Waals surface area contributed by atoms with Gasteiger partial charge in [-0.15, -0.1) is 0 Å². The van der Waals surface area contributed by atoms with E-state index in [1.807, 2.05) is 0 Å². The molecule has 0 aromatic heterocycles. The molecular weight excluding hydrogens is 334 g/mol. The lowest BCUT2D eigenvalue weighted by Crippen LogP contribution is -2.41. The second-order valence-electron chi connectivity index (χ2n) is 8.27. The van der Waals surface area contributed by atoms with Gasteiger partial charge in [0.1, 0.15) is 0 Å². The minimum Gasteiger partial charge on any atom is -0.328 e. The van der Waals surface area contributed by atoms with E-state index < -0.39 is 10.1 Å². The molecule has 0 amide bonds. The number of hydrogen-bond acceptors (Lipinski definition) is 2. The maximum Gasteiger partial charge on any atom is 0.265 e. The van der Waals surface area contributed by atoms with Crippen LogP contribution in [0.1, 0.15) is 96.8 Å². The molecule has 0 rings (SSSR count). The van der Waals surface area contributed by atoms with Crippen LogP contribution in [-0.2, 0) is 10.1 Å². The topological polar surface area (TPSA) is 54.4 Å². The summed E-state index contributed by atoms with van der Waals surface area (Å²) in [5.41, 5.74) is 0. The van der Waals surface area contributed by atoms with E-state index in [4.69, 9.17) is 4.55 Å². The highest BCUT2D eigenvalue weighted by Gasteiger charge is 2.16. The van der Waals surface area contributed by atoms with Crippen LogP contribution in [0.15, 0.2) is 0 Å². The Kier molecular flexibility index (Phi) is 14.9. The van der Waals surface area contributed by atoms with Crippen molar-refractivity contribution >= 4 is 10.1 Å². The number of rotatable bonds is 18. The lowest BCUT2D eigenvalue weighted by Gasteiger charge is -2.29. The average molecular weight is 379 g/mol. The summed E-state index contributed by atoms with van der Waals surface area (Å²) >= 11 is 0. The molecule has 0 aliphatic carbocycles. The van der Waals surface area contributed by atoms with Crippen molar-refractivity contribution in [3.63, 3.8) is 0 Å². The van der Waals surface area contributed by atoms with E-state index in [2.05, 4.69) is 21.0 Å². The van der Waals surface area contributed by atoms with E-state index in [1.54, 1.807) is 0 Å². The van der Waals surface area contributed by atoms with Crippen molar-refractivity contribution in [2.24, 2.45) is 0 Å². The first kappa shape index (κ1) is 24.9. The van der Waals surface area contributed by atoms with Crippen LogP contribution in [0.3, 0.4) is 0 Å². The van der Waals surface area contributed by atoms with Crippen molar-refractivity contribution in [1.82, 2.24) is 0 Å². The van der Waals surface area contributed by atoms with Crippen molar-refractivity contribution in [3.05, 3.63) is 0 Å². The lowest BCUT2D eigenvalue weighted by atomic mass is 10.0. The van der Waals surface area contributed by atoms with Crippen LogP contribution in [0.2, 0.25) is 0 Å². The molecule has 0 atom stereocenters. The van der Waals surface area contributed by atoms with Gasteiger partial charge in [0.15, 0.2) is 0 Å². The Hall–Kier alpha value is -0.130. The SMILES string of the molecule is CCCCCCCCCCCCCCC[N+](C)(C)CCCS(=O)(=O)O. The Labute approximate surface area is 157 Å². The van der Waals surface area contributed by atoms with Crippen LogP contribution >= 0.6 is 0 Å². The molecule has 0 bridgehead atoms. The van der Waals surface area contributed by atoms with E-state index in [0.29, 0.717) is 6.42 Å². The third-order valence-corrected chi connectivity index (χ3v) is 5.84. The first-order valence-electron chi connectivity index (χ1n) is 10.5. The van der Waals surface area contributed by atoms with Crippen LogP contribution in [0.25, 0.3) is 0 Å². The second-order valence-corrected chi connectivity index (χ2v) is 9.84. The molecule has 0 aromatic rings. The molecule has 0 aliphatic rings. The molecule has 152 valence electrons. The molecule has 4 nitrogen and oxygen atoms in total. The Morgan fingerprint density at radius 2 is 1.00 bits per heavy atom. The maximum atomic E-state index is 10.8. The molecule has 0 radical (unpaired) electrons. The summed E-state index contributed by atoms with van der Waals surface area (Å²) in [6.45, 7) is 4.16. The predicted molar refractivity (Wildman–Crippen MR) is 109 cm³/mol. The highest BCUT2D eigenvalue weighted by atomic mass is 32.2. The molecule has 1 N–H and O–H groups in total. The summed E-state index contributed by atoms with van der Waals surface area (Å²) < 4.78 is 31.1. The largest absolute Gasteiger partial charge is 0.328 e. The third kappa shape index (κ3) is 20.0. The van der Waals surface area contributed by atoms with Gasteiger partial charge in [0.25, 0.3) is 10.1 Å². The average Bonchev–Trinajstić information content (AvgIpc) is 2.50. The Balaban J connectivity index is 3.36. The summed E-state index contributed by atoms with van der Waals surface area (Å²) in [5, 5.41) is 0. The monoisotopic (exact) mass is 378 g/mol. The first-order chi connectivity index (χ1) is 11.8. The Bertz CT molecular complexity index is 394. The summed E-state index contributed by atoms with van der Waals surface area (Å²) in [4.78, 5) is 0. The van der Waals surface area contributed by atoms with Crippen molar-refractivity contribution in [1.29, 1.82) is 0 Å². The Morgan fingerprint density at radius 3 is 1.40 bits per heavy atom. The van der Waals surface area contributed by atoms with Gasteiger partial charge in [-0.05, 0) is 12.8 Å². The van der Waals surface area contributed by atoms with Gasteiger partial charge in [0.05, 0.1) is 32.9 Å². The smallest absolute Gasteiger partial charge is 0.265 e. The summed E-state index contributed by atoms with van der Waals surface area (Å²) in [6, 6.07) is 0.